The SMILES string of the molecule is CCS(=O)(=O)N1CCN(CCCCOCCCC(C)C)CC1. The van der Waals surface area contributed by atoms with Gasteiger partial charge < -0.3 is 9.64 Å². The predicted molar refractivity (Wildman–Crippen MR) is 91.6 cm³/mol. The molecule has 5 nitrogen and oxygen atoms in total. The van der Waals surface area contributed by atoms with Gasteiger partial charge in [-0.15, -0.1) is 0 Å². The largest absolute Gasteiger partial charge is 0.381 e. The van der Waals surface area contributed by atoms with Crippen molar-refractivity contribution in [2.45, 2.75) is 46.5 Å². The highest BCUT2D eigenvalue weighted by atomic mass is 32.2. The number of rotatable bonds is 11. The summed E-state index contributed by atoms with van der Waals surface area (Å²) in [6, 6.07) is 0. The molecule has 22 heavy (non-hydrogen) atoms. The Bertz CT molecular complexity index is 377. The molecular weight excluding hydrogens is 300 g/mol. The van der Waals surface area contributed by atoms with Crippen LogP contribution in [0.4, 0.5) is 0 Å². The van der Waals surface area contributed by atoms with Gasteiger partial charge in [0.15, 0.2) is 0 Å². The van der Waals surface area contributed by atoms with E-state index in [9.17, 15) is 8.42 Å². The minimum atomic E-state index is -3.00. The van der Waals surface area contributed by atoms with Crippen molar-refractivity contribution in [2.24, 2.45) is 5.92 Å². The Morgan fingerprint density at radius 3 is 2.23 bits per heavy atom. The Labute approximate surface area is 137 Å². The highest BCUT2D eigenvalue weighted by molar-refractivity contribution is 7.89. The molecule has 1 saturated heterocycles. The maximum absolute atomic E-state index is 11.8. The molecule has 0 aromatic heterocycles. The van der Waals surface area contributed by atoms with Crippen LogP contribution in [0.15, 0.2) is 0 Å². The summed E-state index contributed by atoms with van der Waals surface area (Å²) in [5.41, 5.74) is 0. The lowest BCUT2D eigenvalue weighted by molar-refractivity contribution is 0.118. The van der Waals surface area contributed by atoms with E-state index >= 15 is 0 Å². The average molecular weight is 335 g/mol. The number of nitrogens with zero attached hydrogens (tertiary/aromatic N) is 2. The molecule has 0 amide bonds. The molecule has 1 rings (SSSR count). The van der Waals surface area contributed by atoms with E-state index in [-0.39, 0.29) is 5.75 Å². The standard InChI is InChI=1S/C16H34N2O3S/c1-4-22(19,20)18-12-10-17(11-13-18)9-5-6-14-21-15-7-8-16(2)3/h16H,4-15H2,1-3H3. The topological polar surface area (TPSA) is 49.9 Å². The first-order valence-electron chi connectivity index (χ1n) is 8.73. The Balaban J connectivity index is 1.99. The Morgan fingerprint density at radius 1 is 1.00 bits per heavy atom. The first-order valence-corrected chi connectivity index (χ1v) is 10.3. The van der Waals surface area contributed by atoms with Crippen LogP contribution in [0.2, 0.25) is 0 Å². The van der Waals surface area contributed by atoms with Gasteiger partial charge in [0.05, 0.1) is 5.75 Å². The molecule has 1 heterocycles. The van der Waals surface area contributed by atoms with E-state index in [1.165, 1.54) is 6.42 Å². The molecule has 0 atom stereocenters. The molecule has 1 fully saturated rings. The van der Waals surface area contributed by atoms with Crippen molar-refractivity contribution in [3.63, 3.8) is 0 Å². The third-order valence-electron chi connectivity index (χ3n) is 4.17. The van der Waals surface area contributed by atoms with Crippen LogP contribution in [0.1, 0.15) is 46.5 Å². The molecule has 0 aromatic carbocycles. The maximum Gasteiger partial charge on any atom is 0.213 e. The number of sulfonamides is 1. The van der Waals surface area contributed by atoms with Gasteiger partial charge in [0, 0.05) is 39.4 Å². The molecule has 132 valence electrons. The molecule has 0 saturated carbocycles. The fourth-order valence-corrected chi connectivity index (χ4v) is 3.73. The first kappa shape index (κ1) is 19.9. The molecule has 6 heteroatoms. The fourth-order valence-electron chi connectivity index (χ4n) is 2.65. The second-order valence-electron chi connectivity index (χ2n) is 6.50. The van der Waals surface area contributed by atoms with Crippen LogP contribution in [0.5, 0.6) is 0 Å². The third kappa shape index (κ3) is 7.90. The second kappa shape index (κ2) is 10.6. The predicted octanol–water partition coefficient (Wildman–Crippen LogP) is 2.19. The monoisotopic (exact) mass is 334 g/mol. The lowest BCUT2D eigenvalue weighted by atomic mass is 10.1. The number of hydrogen-bond donors (Lipinski definition) is 0. The van der Waals surface area contributed by atoms with Crippen LogP contribution in [0, 0.1) is 5.92 Å². The van der Waals surface area contributed by atoms with Gasteiger partial charge in [-0.05, 0) is 45.1 Å². The van der Waals surface area contributed by atoms with Gasteiger partial charge in [-0.25, -0.2) is 8.42 Å². The highest BCUT2D eigenvalue weighted by Crippen LogP contribution is 2.09. The zero-order chi connectivity index (χ0) is 16.4. The minimum absolute atomic E-state index is 0.209. The number of ether oxygens (including phenoxy) is 1. The smallest absolute Gasteiger partial charge is 0.213 e. The summed E-state index contributed by atoms with van der Waals surface area (Å²) in [7, 11) is -3.00. The van der Waals surface area contributed by atoms with E-state index in [0.29, 0.717) is 13.1 Å². The molecule has 0 bridgehead atoms. The third-order valence-corrected chi connectivity index (χ3v) is 6.05. The van der Waals surface area contributed by atoms with Crippen molar-refractivity contribution in [3.8, 4) is 0 Å². The van der Waals surface area contributed by atoms with Crippen molar-refractivity contribution in [3.05, 3.63) is 0 Å². The lowest BCUT2D eigenvalue weighted by Crippen LogP contribution is -2.49. The van der Waals surface area contributed by atoms with Gasteiger partial charge in [0.25, 0.3) is 0 Å². The number of unbranched alkanes of at least 4 members (excludes halogenated alkanes) is 1. The average Bonchev–Trinajstić information content (AvgIpc) is 2.50. The van der Waals surface area contributed by atoms with Gasteiger partial charge in [-0.1, -0.05) is 13.8 Å². The van der Waals surface area contributed by atoms with Crippen LogP contribution in [-0.4, -0.2) is 69.3 Å². The quantitative estimate of drug-likeness (QED) is 0.544. The van der Waals surface area contributed by atoms with Crippen LogP contribution >= 0.6 is 0 Å². The van der Waals surface area contributed by atoms with Gasteiger partial charge in [0.1, 0.15) is 0 Å². The normalized spacial score (nSPS) is 18.2. The van der Waals surface area contributed by atoms with Gasteiger partial charge >= 0.3 is 0 Å². The van der Waals surface area contributed by atoms with Crippen molar-refractivity contribution < 1.29 is 13.2 Å². The van der Waals surface area contributed by atoms with E-state index in [2.05, 4.69) is 18.7 Å². The van der Waals surface area contributed by atoms with E-state index in [1.807, 2.05) is 0 Å². The zero-order valence-corrected chi connectivity index (χ0v) is 15.4. The van der Waals surface area contributed by atoms with E-state index in [0.717, 1.165) is 58.0 Å². The molecule has 0 aromatic rings. The molecular formula is C16H34N2O3S. The van der Waals surface area contributed by atoms with Gasteiger partial charge in [-0.3, -0.25) is 0 Å². The highest BCUT2D eigenvalue weighted by Gasteiger charge is 2.24. The lowest BCUT2D eigenvalue weighted by Gasteiger charge is -2.33. The van der Waals surface area contributed by atoms with Crippen molar-refractivity contribution in [1.82, 2.24) is 9.21 Å². The molecule has 0 aliphatic carbocycles. The number of hydrogen-bond acceptors (Lipinski definition) is 4. The van der Waals surface area contributed by atoms with E-state index in [1.54, 1.807) is 11.2 Å². The van der Waals surface area contributed by atoms with Crippen LogP contribution in [0.25, 0.3) is 0 Å². The van der Waals surface area contributed by atoms with Crippen LogP contribution in [-0.2, 0) is 14.8 Å². The molecule has 0 N–H and O–H groups in total. The summed E-state index contributed by atoms with van der Waals surface area (Å²) in [5.74, 6) is 0.972. The minimum Gasteiger partial charge on any atom is -0.381 e. The molecule has 0 unspecified atom stereocenters. The first-order chi connectivity index (χ1) is 10.5. The molecule has 0 spiro atoms. The Kier molecular flexibility index (Phi) is 9.55. The Morgan fingerprint density at radius 2 is 1.64 bits per heavy atom. The second-order valence-corrected chi connectivity index (χ2v) is 8.75. The van der Waals surface area contributed by atoms with Gasteiger partial charge in [-0.2, -0.15) is 4.31 Å². The maximum atomic E-state index is 11.8. The van der Waals surface area contributed by atoms with E-state index in [4.69, 9.17) is 4.74 Å². The van der Waals surface area contributed by atoms with Crippen LogP contribution in [0.3, 0.4) is 0 Å². The van der Waals surface area contributed by atoms with Crippen molar-refractivity contribution >= 4 is 10.0 Å². The van der Waals surface area contributed by atoms with Crippen molar-refractivity contribution in [2.75, 3.05) is 51.7 Å². The van der Waals surface area contributed by atoms with Crippen molar-refractivity contribution in [1.29, 1.82) is 0 Å². The Hall–Kier alpha value is -0.170. The summed E-state index contributed by atoms with van der Waals surface area (Å²) in [5, 5.41) is 0. The fraction of sp³-hybridized carbons (Fsp3) is 1.00. The number of piperazine rings is 1. The summed E-state index contributed by atoms with van der Waals surface area (Å²) >= 11 is 0. The zero-order valence-electron chi connectivity index (χ0n) is 14.6. The van der Waals surface area contributed by atoms with Gasteiger partial charge in [0.2, 0.25) is 10.0 Å². The summed E-state index contributed by atoms with van der Waals surface area (Å²) in [4.78, 5) is 2.36. The summed E-state index contributed by atoms with van der Waals surface area (Å²) in [6.45, 7) is 12.0. The van der Waals surface area contributed by atoms with E-state index < -0.39 is 10.0 Å². The summed E-state index contributed by atoms with van der Waals surface area (Å²) in [6.07, 6.45) is 4.62. The molecule has 0 radical (unpaired) electrons. The molecule has 1 aliphatic rings. The van der Waals surface area contributed by atoms with Crippen LogP contribution < -0.4 is 0 Å². The molecule has 1 aliphatic heterocycles. The summed E-state index contributed by atoms with van der Waals surface area (Å²) < 4.78 is 30.8.